The maximum Gasteiger partial charge on any atom is 0.573 e. The van der Waals surface area contributed by atoms with Gasteiger partial charge >= 0.3 is 12.3 Å². The molecule has 1 aliphatic carbocycles. The Balaban J connectivity index is 1.11. The third-order valence-corrected chi connectivity index (χ3v) is 6.85. The highest BCUT2D eigenvalue weighted by Crippen LogP contribution is 2.45. The van der Waals surface area contributed by atoms with Crippen LogP contribution in [0.25, 0.3) is 0 Å². The molecule has 0 spiro atoms. The summed E-state index contributed by atoms with van der Waals surface area (Å²) in [5.74, 6) is 1.42. The molecule has 0 bridgehead atoms. The fraction of sp³-hybridized carbons (Fsp3) is 0.536. The van der Waals surface area contributed by atoms with Crippen LogP contribution >= 0.6 is 0 Å². The van der Waals surface area contributed by atoms with Gasteiger partial charge in [0.2, 0.25) is 0 Å². The van der Waals surface area contributed by atoms with E-state index < -0.39 is 12.5 Å². The van der Waals surface area contributed by atoms with Crippen molar-refractivity contribution in [2.75, 3.05) is 39.5 Å². The zero-order valence-electron chi connectivity index (χ0n) is 21.7. The molecule has 38 heavy (non-hydrogen) atoms. The van der Waals surface area contributed by atoms with Gasteiger partial charge in [-0.2, -0.15) is 0 Å². The first-order valence-corrected chi connectivity index (χ1v) is 13.1. The van der Waals surface area contributed by atoms with Crippen molar-refractivity contribution in [3.05, 3.63) is 59.7 Å². The largest absolute Gasteiger partial charge is 0.573 e. The Bertz CT molecular complexity index is 1020. The Labute approximate surface area is 221 Å². The van der Waals surface area contributed by atoms with E-state index in [9.17, 15) is 18.0 Å². The fourth-order valence-electron chi connectivity index (χ4n) is 5.08. The molecule has 7 nitrogen and oxygen atoms in total. The van der Waals surface area contributed by atoms with Gasteiger partial charge < -0.3 is 24.3 Å². The number of carbonyl (C=O) groups is 1. The molecular formula is C28H35F3N2O5. The topological polar surface area (TPSA) is 69.3 Å². The first-order valence-electron chi connectivity index (χ1n) is 13.1. The van der Waals surface area contributed by atoms with Crippen LogP contribution in [-0.4, -0.2) is 68.8 Å². The molecule has 208 valence electrons. The Kier molecular flexibility index (Phi) is 9.51. The van der Waals surface area contributed by atoms with Gasteiger partial charge in [-0.1, -0.05) is 24.3 Å². The Morgan fingerprint density at radius 2 is 1.61 bits per heavy atom. The number of nitrogens with zero attached hydrogens (tertiary/aromatic N) is 1. The van der Waals surface area contributed by atoms with Crippen LogP contribution in [0, 0.1) is 11.8 Å². The highest BCUT2D eigenvalue weighted by Gasteiger charge is 2.55. The van der Waals surface area contributed by atoms with E-state index in [0.29, 0.717) is 44.1 Å². The predicted octanol–water partition coefficient (Wildman–Crippen LogP) is 4.19. The number of hydrogen-bond donors (Lipinski definition) is 1. The zero-order valence-corrected chi connectivity index (χ0v) is 21.7. The molecule has 2 aromatic rings. The van der Waals surface area contributed by atoms with Crippen molar-refractivity contribution in [2.45, 2.75) is 45.3 Å². The zero-order chi connectivity index (χ0) is 27.1. The van der Waals surface area contributed by atoms with Crippen LogP contribution in [0.15, 0.2) is 48.5 Å². The lowest BCUT2D eigenvalue weighted by molar-refractivity contribution is -0.274. The summed E-state index contributed by atoms with van der Waals surface area (Å²) < 4.78 is 57.3. The van der Waals surface area contributed by atoms with E-state index in [4.69, 9.17) is 14.2 Å². The average Bonchev–Trinajstić information content (AvgIpc) is 3.32. The highest BCUT2D eigenvalue weighted by molar-refractivity contribution is 5.75. The van der Waals surface area contributed by atoms with Crippen molar-refractivity contribution < 1.29 is 36.9 Å². The molecule has 1 saturated carbocycles. The number of esters is 1. The second kappa shape index (κ2) is 12.8. The van der Waals surface area contributed by atoms with Gasteiger partial charge in [-0.05, 0) is 61.1 Å². The molecule has 1 N–H and O–H groups in total. The van der Waals surface area contributed by atoms with Gasteiger partial charge in [0.25, 0.3) is 0 Å². The lowest BCUT2D eigenvalue weighted by atomic mass is 10.1. The van der Waals surface area contributed by atoms with Gasteiger partial charge in [-0.15, -0.1) is 13.2 Å². The normalized spacial score (nSPS) is 21.6. The molecule has 1 aliphatic heterocycles. The van der Waals surface area contributed by atoms with E-state index >= 15 is 0 Å². The lowest BCUT2D eigenvalue weighted by Crippen LogP contribution is -2.33. The monoisotopic (exact) mass is 536 g/mol. The van der Waals surface area contributed by atoms with Crippen LogP contribution in [0.5, 0.6) is 11.5 Å². The quantitative estimate of drug-likeness (QED) is 0.287. The number of halogens is 3. The Hall–Kier alpha value is -2.82. The molecule has 1 heterocycles. The van der Waals surface area contributed by atoms with E-state index in [1.54, 1.807) is 19.1 Å². The van der Waals surface area contributed by atoms with E-state index in [-0.39, 0.29) is 11.7 Å². The third-order valence-electron chi connectivity index (χ3n) is 6.85. The minimum Gasteiger partial charge on any atom is -0.492 e. The summed E-state index contributed by atoms with van der Waals surface area (Å²) in [6.07, 6.45) is -4.83. The second-order valence-corrected chi connectivity index (χ2v) is 9.59. The van der Waals surface area contributed by atoms with Crippen LogP contribution in [0.3, 0.4) is 0 Å². The Morgan fingerprint density at radius 1 is 0.974 bits per heavy atom. The van der Waals surface area contributed by atoms with Gasteiger partial charge in [0.1, 0.15) is 18.1 Å². The molecule has 1 saturated heterocycles. The van der Waals surface area contributed by atoms with Crippen LogP contribution in [0.1, 0.15) is 25.0 Å². The van der Waals surface area contributed by atoms with Crippen molar-refractivity contribution in [1.29, 1.82) is 0 Å². The van der Waals surface area contributed by atoms with Crippen molar-refractivity contribution in [3.8, 4) is 11.5 Å². The molecule has 4 rings (SSSR count). The number of nitrogens with one attached hydrogen (secondary N) is 1. The molecule has 2 aliphatic rings. The van der Waals surface area contributed by atoms with Gasteiger partial charge in [-0.3, -0.25) is 4.90 Å². The summed E-state index contributed by atoms with van der Waals surface area (Å²) in [6, 6.07) is 14.2. The summed E-state index contributed by atoms with van der Waals surface area (Å²) in [7, 11) is 0. The maximum absolute atomic E-state index is 12.3. The first kappa shape index (κ1) is 28.2. The number of benzene rings is 2. The number of alkyl halides is 3. The smallest absolute Gasteiger partial charge is 0.492 e. The molecule has 0 amide bonds. The number of hydrogen-bond acceptors (Lipinski definition) is 7. The molecule has 0 aromatic heterocycles. The summed E-state index contributed by atoms with van der Waals surface area (Å²) in [6.45, 7) is 8.35. The van der Waals surface area contributed by atoms with E-state index in [0.717, 1.165) is 43.1 Å². The number of carbonyl (C=O) groups excluding carboxylic acids is 1. The Morgan fingerprint density at radius 3 is 2.21 bits per heavy atom. The third kappa shape index (κ3) is 8.09. The molecule has 2 aromatic carbocycles. The number of fused-ring (bicyclic) bond motifs is 1. The summed E-state index contributed by atoms with van der Waals surface area (Å²) in [5.41, 5.74) is 1.95. The minimum atomic E-state index is -4.67. The van der Waals surface area contributed by atoms with Crippen LogP contribution in [-0.2, 0) is 27.2 Å². The summed E-state index contributed by atoms with van der Waals surface area (Å²) in [5, 5.41) is 3.58. The second-order valence-electron chi connectivity index (χ2n) is 9.59. The molecule has 10 heteroatoms. The van der Waals surface area contributed by atoms with Crippen LogP contribution in [0.4, 0.5) is 13.2 Å². The number of rotatable bonds is 14. The standard InChI is InChI=1S/C28H35F3N2O5/c1-3-35-25(27(34)36-4-2)15-19-5-9-21(10-6-19)37-14-13-32-26-23-17-33(18-24(23)26)16-20-7-11-22(12-8-20)38-28(29,30)31/h5-12,23-26,32H,3-4,13-18H2,1-2H3/t23-,24+,25-,26?/m0/s1. The molecule has 4 atom stereocenters. The SMILES string of the molecule is CCOC(=O)[C@H](Cc1ccc(OCCNC2[C@H]3CN(Cc4ccc(OC(F)(F)F)cc4)C[C@@H]23)cc1)OCC. The number of ether oxygens (including phenoxy) is 4. The fourth-order valence-corrected chi connectivity index (χ4v) is 5.08. The van der Waals surface area contributed by atoms with Gasteiger partial charge in [0.15, 0.2) is 6.10 Å². The molecule has 1 unspecified atom stereocenters. The van der Waals surface area contributed by atoms with Crippen molar-refractivity contribution in [1.82, 2.24) is 10.2 Å². The maximum atomic E-state index is 12.3. The van der Waals surface area contributed by atoms with Crippen LogP contribution in [0.2, 0.25) is 0 Å². The van der Waals surface area contributed by atoms with E-state index in [1.807, 2.05) is 31.2 Å². The van der Waals surface area contributed by atoms with Gasteiger partial charge in [0, 0.05) is 45.2 Å². The lowest BCUT2D eigenvalue weighted by Gasteiger charge is -2.20. The predicted molar refractivity (Wildman–Crippen MR) is 135 cm³/mol. The first-order chi connectivity index (χ1) is 18.3. The average molecular weight is 537 g/mol. The van der Waals surface area contributed by atoms with E-state index in [1.165, 1.54) is 12.1 Å². The van der Waals surface area contributed by atoms with Gasteiger partial charge in [-0.25, -0.2) is 4.79 Å². The van der Waals surface area contributed by atoms with Gasteiger partial charge in [0.05, 0.1) is 6.61 Å². The molecule has 0 radical (unpaired) electrons. The summed E-state index contributed by atoms with van der Waals surface area (Å²) >= 11 is 0. The highest BCUT2D eigenvalue weighted by atomic mass is 19.4. The number of piperidine rings is 1. The molecule has 2 fully saturated rings. The van der Waals surface area contributed by atoms with E-state index in [2.05, 4.69) is 15.0 Å². The van der Waals surface area contributed by atoms with Crippen molar-refractivity contribution in [3.63, 3.8) is 0 Å². The summed E-state index contributed by atoms with van der Waals surface area (Å²) in [4.78, 5) is 14.4. The number of likely N-dealkylation sites (tertiary alicyclic amines) is 1. The van der Waals surface area contributed by atoms with Crippen molar-refractivity contribution >= 4 is 5.97 Å². The van der Waals surface area contributed by atoms with Crippen LogP contribution < -0.4 is 14.8 Å². The molecular weight excluding hydrogens is 501 g/mol. The van der Waals surface area contributed by atoms with Crippen molar-refractivity contribution in [2.24, 2.45) is 11.8 Å². The minimum absolute atomic E-state index is 0.197.